The molecule has 0 fully saturated rings. The highest BCUT2D eigenvalue weighted by Gasteiger charge is 2.04. The van der Waals surface area contributed by atoms with Gasteiger partial charge in [-0.3, -0.25) is 0 Å². The van der Waals surface area contributed by atoms with E-state index in [1.165, 1.54) is 5.56 Å². The first-order chi connectivity index (χ1) is 8.49. The van der Waals surface area contributed by atoms with E-state index in [1.807, 2.05) is 12.1 Å². The second kappa shape index (κ2) is 7.48. The van der Waals surface area contributed by atoms with Gasteiger partial charge in [0, 0.05) is 12.1 Å². The van der Waals surface area contributed by atoms with Gasteiger partial charge in [0.15, 0.2) is 6.29 Å². The molecule has 0 aliphatic heterocycles. The van der Waals surface area contributed by atoms with Crippen LogP contribution < -0.4 is 0 Å². The molecule has 102 valence electrons. The van der Waals surface area contributed by atoms with Crippen LogP contribution in [0.15, 0.2) is 24.3 Å². The van der Waals surface area contributed by atoms with Crippen LogP contribution in [0, 0.1) is 0 Å². The minimum absolute atomic E-state index is 0.536. The summed E-state index contributed by atoms with van der Waals surface area (Å²) in [6.07, 6.45) is -0.228. The van der Waals surface area contributed by atoms with Gasteiger partial charge in [-0.25, -0.2) is 0 Å². The number of hydrogen-bond acceptors (Lipinski definition) is 4. The molecule has 0 spiro atoms. The lowest BCUT2D eigenvalue weighted by Crippen LogP contribution is -2.23. The molecule has 2 N–H and O–H groups in total. The van der Waals surface area contributed by atoms with Crippen molar-refractivity contribution in [3.63, 3.8) is 0 Å². The molecular weight excluding hydrogens is 228 g/mol. The Hall–Kier alpha value is -0.940. The third kappa shape index (κ3) is 5.60. The lowest BCUT2D eigenvalue weighted by atomic mass is 10.1. The molecule has 0 unspecified atom stereocenters. The van der Waals surface area contributed by atoms with Gasteiger partial charge in [0.1, 0.15) is 0 Å². The zero-order chi connectivity index (χ0) is 13.5. The number of aliphatic hydroxyl groups is 2. The third-order valence-corrected chi connectivity index (χ3v) is 2.88. The summed E-state index contributed by atoms with van der Waals surface area (Å²) in [5.41, 5.74) is 1.72. The maximum absolute atomic E-state index is 9.01. The fourth-order valence-electron chi connectivity index (χ4n) is 1.84. The molecule has 1 aromatic carbocycles. The normalized spacial score (nSPS) is 11.8. The molecule has 1 aromatic rings. The van der Waals surface area contributed by atoms with Gasteiger partial charge in [0.25, 0.3) is 0 Å². The first-order valence-electron chi connectivity index (χ1n) is 6.27. The Bertz CT molecular complexity index is 336. The number of rotatable bonds is 7. The van der Waals surface area contributed by atoms with E-state index >= 15 is 0 Å². The Morgan fingerprint density at radius 2 is 1.61 bits per heavy atom. The lowest BCUT2D eigenvalue weighted by molar-refractivity contribution is -0.0424. The van der Waals surface area contributed by atoms with Gasteiger partial charge >= 0.3 is 0 Å². The Kier molecular flexibility index (Phi) is 6.29. The van der Waals surface area contributed by atoms with Crippen molar-refractivity contribution in [2.45, 2.75) is 19.3 Å². The summed E-state index contributed by atoms with van der Waals surface area (Å²) in [5, 5.41) is 18.0. The molecule has 18 heavy (non-hydrogen) atoms. The van der Waals surface area contributed by atoms with Crippen molar-refractivity contribution in [1.29, 1.82) is 0 Å². The van der Waals surface area contributed by atoms with E-state index in [0.717, 1.165) is 26.1 Å². The van der Waals surface area contributed by atoms with Crippen molar-refractivity contribution in [2.24, 2.45) is 0 Å². The van der Waals surface area contributed by atoms with Crippen LogP contribution in [0.25, 0.3) is 0 Å². The molecular formula is C14H24N2O2. The predicted molar refractivity (Wildman–Crippen MR) is 73.1 cm³/mol. The highest BCUT2D eigenvalue weighted by molar-refractivity contribution is 5.23. The average molecular weight is 252 g/mol. The van der Waals surface area contributed by atoms with E-state index in [0.29, 0.717) is 5.56 Å². The van der Waals surface area contributed by atoms with E-state index < -0.39 is 6.29 Å². The molecule has 0 aromatic heterocycles. The minimum atomic E-state index is -1.38. The molecule has 0 bridgehead atoms. The molecule has 0 aliphatic rings. The SMILES string of the molecule is CN(C)CCCN(C)Cc1ccc(C(O)O)cc1. The molecule has 0 saturated heterocycles. The summed E-state index contributed by atoms with van der Waals surface area (Å²) in [6.45, 7) is 3.04. The van der Waals surface area contributed by atoms with Crippen LogP contribution in [-0.4, -0.2) is 54.2 Å². The standard InChI is InChI=1S/C14H24N2O2/c1-15(2)9-4-10-16(3)11-12-5-7-13(8-6-12)14(17)18/h5-8,14,17-18H,4,9-11H2,1-3H3. The van der Waals surface area contributed by atoms with Gasteiger partial charge in [-0.15, -0.1) is 0 Å². The van der Waals surface area contributed by atoms with Crippen LogP contribution in [0.3, 0.4) is 0 Å². The molecule has 1 rings (SSSR count). The molecule has 0 radical (unpaired) electrons. The topological polar surface area (TPSA) is 46.9 Å². The maximum Gasteiger partial charge on any atom is 0.178 e. The highest BCUT2D eigenvalue weighted by atomic mass is 16.5. The smallest absolute Gasteiger partial charge is 0.178 e. The van der Waals surface area contributed by atoms with Gasteiger partial charge in [-0.1, -0.05) is 24.3 Å². The first kappa shape index (κ1) is 15.1. The van der Waals surface area contributed by atoms with E-state index in [-0.39, 0.29) is 0 Å². The molecule has 0 heterocycles. The molecule has 4 heteroatoms. The third-order valence-electron chi connectivity index (χ3n) is 2.88. The Morgan fingerprint density at radius 3 is 2.11 bits per heavy atom. The van der Waals surface area contributed by atoms with Gasteiger partial charge < -0.3 is 20.0 Å². The van der Waals surface area contributed by atoms with E-state index in [2.05, 4.69) is 30.9 Å². The van der Waals surface area contributed by atoms with Crippen molar-refractivity contribution < 1.29 is 10.2 Å². The molecule has 0 aliphatic carbocycles. The van der Waals surface area contributed by atoms with Crippen LogP contribution in [0.2, 0.25) is 0 Å². The van der Waals surface area contributed by atoms with E-state index in [9.17, 15) is 0 Å². The fraction of sp³-hybridized carbons (Fsp3) is 0.571. The quantitative estimate of drug-likeness (QED) is 0.712. The minimum Gasteiger partial charge on any atom is -0.364 e. The van der Waals surface area contributed by atoms with Gasteiger partial charge in [0.05, 0.1) is 0 Å². The summed E-state index contributed by atoms with van der Waals surface area (Å²) < 4.78 is 0. The summed E-state index contributed by atoms with van der Waals surface area (Å²) in [7, 11) is 6.27. The number of nitrogens with zero attached hydrogens (tertiary/aromatic N) is 2. The van der Waals surface area contributed by atoms with Crippen molar-refractivity contribution in [1.82, 2.24) is 9.80 Å². The first-order valence-corrected chi connectivity index (χ1v) is 6.27. The number of benzene rings is 1. The summed E-state index contributed by atoms with van der Waals surface area (Å²) in [4.78, 5) is 4.46. The zero-order valence-electron chi connectivity index (χ0n) is 11.5. The van der Waals surface area contributed by atoms with Crippen LogP contribution in [0.5, 0.6) is 0 Å². The largest absolute Gasteiger partial charge is 0.364 e. The van der Waals surface area contributed by atoms with Crippen LogP contribution in [0.4, 0.5) is 0 Å². The van der Waals surface area contributed by atoms with Gasteiger partial charge in [-0.2, -0.15) is 0 Å². The lowest BCUT2D eigenvalue weighted by Gasteiger charge is -2.18. The van der Waals surface area contributed by atoms with Crippen LogP contribution in [0.1, 0.15) is 23.8 Å². The highest BCUT2D eigenvalue weighted by Crippen LogP contribution is 2.12. The molecule has 0 saturated carbocycles. The van der Waals surface area contributed by atoms with E-state index in [4.69, 9.17) is 10.2 Å². The van der Waals surface area contributed by atoms with Gasteiger partial charge in [0.2, 0.25) is 0 Å². The monoisotopic (exact) mass is 252 g/mol. The molecule has 4 nitrogen and oxygen atoms in total. The number of aliphatic hydroxyl groups excluding tert-OH is 1. The van der Waals surface area contributed by atoms with E-state index in [1.54, 1.807) is 12.1 Å². The van der Waals surface area contributed by atoms with Crippen molar-refractivity contribution in [2.75, 3.05) is 34.2 Å². The molecule has 0 atom stereocenters. The fourth-order valence-corrected chi connectivity index (χ4v) is 1.84. The second-order valence-corrected chi connectivity index (χ2v) is 5.01. The Balaban J connectivity index is 2.37. The summed E-state index contributed by atoms with van der Waals surface area (Å²) in [6, 6.07) is 7.40. The predicted octanol–water partition coefficient (Wildman–Crippen LogP) is 1.05. The van der Waals surface area contributed by atoms with Crippen LogP contribution >= 0.6 is 0 Å². The average Bonchev–Trinajstić information content (AvgIpc) is 2.29. The van der Waals surface area contributed by atoms with Crippen LogP contribution in [-0.2, 0) is 6.54 Å². The zero-order valence-corrected chi connectivity index (χ0v) is 11.5. The van der Waals surface area contributed by atoms with Crippen molar-refractivity contribution in [3.8, 4) is 0 Å². The second-order valence-electron chi connectivity index (χ2n) is 5.01. The van der Waals surface area contributed by atoms with Crippen molar-refractivity contribution >= 4 is 0 Å². The summed E-state index contributed by atoms with van der Waals surface area (Å²) >= 11 is 0. The number of hydrogen-bond donors (Lipinski definition) is 2. The Morgan fingerprint density at radius 1 is 1.00 bits per heavy atom. The maximum atomic E-state index is 9.01. The Labute approximate surface area is 109 Å². The molecule has 0 amide bonds. The van der Waals surface area contributed by atoms with Crippen molar-refractivity contribution in [3.05, 3.63) is 35.4 Å². The summed E-state index contributed by atoms with van der Waals surface area (Å²) in [5.74, 6) is 0. The van der Waals surface area contributed by atoms with Gasteiger partial charge in [-0.05, 0) is 46.2 Å².